The highest BCUT2D eigenvalue weighted by molar-refractivity contribution is 6.39. The van der Waals surface area contributed by atoms with Crippen LogP contribution in [0.25, 0.3) is 5.57 Å². The highest BCUT2D eigenvalue weighted by Crippen LogP contribution is 2.46. The third-order valence-electron chi connectivity index (χ3n) is 5.24. The number of allylic oxidation sites excluding steroid dienone is 7. The first-order chi connectivity index (χ1) is 13.7. The van der Waals surface area contributed by atoms with Gasteiger partial charge in [0.05, 0.1) is 42.3 Å². The predicted molar refractivity (Wildman–Crippen MR) is 114 cm³/mol. The number of nitrogens with zero attached hydrogens (tertiary/aromatic N) is 4. The average molecular weight is 399 g/mol. The fraction of sp³-hybridized carbons (Fsp3) is 0.364. The third-order valence-corrected chi connectivity index (χ3v) is 5.45. The number of rotatable bonds is 5. The van der Waals surface area contributed by atoms with E-state index in [4.69, 9.17) is 18.0 Å². The first-order valence-corrected chi connectivity index (χ1v) is 9.77. The second kappa shape index (κ2) is 9.68. The van der Waals surface area contributed by atoms with Crippen LogP contribution in [0.3, 0.4) is 0 Å². The van der Waals surface area contributed by atoms with E-state index in [1.807, 2.05) is 37.7 Å². The first-order valence-electron chi connectivity index (χ1n) is 9.39. The lowest BCUT2D eigenvalue weighted by molar-refractivity contribution is 0.165. The van der Waals surface area contributed by atoms with Gasteiger partial charge in [-0.05, 0) is 25.7 Å². The zero-order chi connectivity index (χ0) is 19.9. The summed E-state index contributed by atoms with van der Waals surface area (Å²) in [5, 5.41) is 0.453. The molecule has 0 spiro atoms. The molecule has 0 aromatic carbocycles. The van der Waals surface area contributed by atoms with E-state index in [0.29, 0.717) is 17.6 Å². The largest absolute Gasteiger partial charge is 0.323 e. The maximum atomic E-state index is 13.9. The number of piperidine rings is 1. The van der Waals surface area contributed by atoms with Crippen LogP contribution in [-0.4, -0.2) is 40.4 Å². The number of hydrogen-bond acceptors (Lipinski definition) is 3. The molecule has 1 fully saturated rings. The lowest BCUT2D eigenvalue weighted by Crippen LogP contribution is -2.36. The number of likely N-dealkylation sites (tertiary alicyclic amines) is 1. The molecule has 1 aromatic heterocycles. The van der Waals surface area contributed by atoms with Gasteiger partial charge < -0.3 is 4.57 Å². The molecule has 1 unspecified atom stereocenters. The molecule has 4 nitrogen and oxygen atoms in total. The predicted octanol–water partition coefficient (Wildman–Crippen LogP) is 4.75. The van der Waals surface area contributed by atoms with Gasteiger partial charge in [-0.25, -0.2) is 9.37 Å². The fourth-order valence-electron chi connectivity index (χ4n) is 3.94. The molecular weight excluding hydrogens is 375 g/mol. The van der Waals surface area contributed by atoms with E-state index in [-0.39, 0.29) is 6.04 Å². The Hall–Kier alpha value is -2.42. The number of aliphatic imine (C=N–C) groups is 1. The van der Waals surface area contributed by atoms with Gasteiger partial charge in [-0.3, -0.25) is 9.89 Å². The lowest BCUT2D eigenvalue weighted by atomic mass is 9.85. The van der Waals surface area contributed by atoms with Crippen molar-refractivity contribution in [2.75, 3.05) is 19.8 Å². The Morgan fingerprint density at radius 2 is 2.25 bits per heavy atom. The number of terminal acetylenes is 1. The van der Waals surface area contributed by atoms with Gasteiger partial charge in [0.1, 0.15) is 0 Å². The number of halogens is 2. The fourth-order valence-corrected chi connectivity index (χ4v) is 4.07. The van der Waals surface area contributed by atoms with E-state index in [9.17, 15) is 4.39 Å². The minimum atomic E-state index is -0.00216. The smallest absolute Gasteiger partial charge is 0.0956 e. The van der Waals surface area contributed by atoms with E-state index in [0.717, 1.165) is 49.1 Å². The number of fused-ring (bicyclic) bond motifs is 1. The Bertz CT molecular complexity index is 877. The van der Waals surface area contributed by atoms with Crippen LogP contribution in [0.15, 0.2) is 58.8 Å². The van der Waals surface area contributed by atoms with Crippen LogP contribution in [0, 0.1) is 18.3 Å². The van der Waals surface area contributed by atoms with Crippen LogP contribution in [0.1, 0.15) is 31.5 Å². The van der Waals surface area contributed by atoms with Gasteiger partial charge in [-0.15, -0.1) is 6.42 Å². The number of hydrogen-bond donors (Lipinski definition) is 0. The standard InChI is InChI=1S/C22H24ClFN4/c1-3-5-7-19-20(12-24)22(28-16-26-14-21(19)28)17-8-10-27(11-9-17)15-25-13-18(23)6-4-2/h2-3,5-7,12-14,16-17,22H,8-11,15H2,1H3/b5-3-,18-6+,19-7+,20-12-,25-13?. The summed E-state index contributed by atoms with van der Waals surface area (Å²) in [4.78, 5) is 10.9. The molecule has 0 saturated carbocycles. The Morgan fingerprint density at radius 1 is 1.46 bits per heavy atom. The highest BCUT2D eigenvalue weighted by Gasteiger charge is 2.38. The zero-order valence-electron chi connectivity index (χ0n) is 15.9. The minimum Gasteiger partial charge on any atom is -0.323 e. The molecule has 2 aliphatic heterocycles. The molecular formula is C22H24ClFN4. The summed E-state index contributed by atoms with van der Waals surface area (Å²) in [6, 6.07) is -0.00216. The van der Waals surface area contributed by atoms with Crippen LogP contribution in [0.4, 0.5) is 4.39 Å². The molecule has 1 saturated heterocycles. The van der Waals surface area contributed by atoms with Crippen molar-refractivity contribution < 1.29 is 4.39 Å². The van der Waals surface area contributed by atoms with Crippen molar-refractivity contribution in [1.82, 2.24) is 14.5 Å². The molecule has 146 valence electrons. The van der Waals surface area contributed by atoms with Gasteiger partial charge in [0, 0.05) is 36.5 Å². The molecule has 0 bridgehead atoms. The van der Waals surface area contributed by atoms with E-state index < -0.39 is 0 Å². The maximum absolute atomic E-state index is 13.9. The molecule has 0 aliphatic carbocycles. The van der Waals surface area contributed by atoms with Gasteiger partial charge in [0.25, 0.3) is 0 Å². The summed E-state index contributed by atoms with van der Waals surface area (Å²) in [6.45, 7) is 4.35. The monoisotopic (exact) mass is 398 g/mol. The Morgan fingerprint density at radius 3 is 2.93 bits per heavy atom. The molecule has 3 heterocycles. The van der Waals surface area contributed by atoms with Crippen molar-refractivity contribution in [2.24, 2.45) is 10.9 Å². The summed E-state index contributed by atoms with van der Waals surface area (Å²) < 4.78 is 16.0. The highest BCUT2D eigenvalue weighted by atomic mass is 35.5. The van der Waals surface area contributed by atoms with E-state index >= 15 is 0 Å². The molecule has 1 atom stereocenters. The minimum absolute atomic E-state index is 0.00216. The van der Waals surface area contributed by atoms with Gasteiger partial charge in [0.2, 0.25) is 0 Å². The lowest BCUT2D eigenvalue weighted by Gasteiger charge is -2.34. The Labute approximate surface area is 170 Å². The Balaban J connectivity index is 1.68. The van der Waals surface area contributed by atoms with Gasteiger partial charge >= 0.3 is 0 Å². The van der Waals surface area contributed by atoms with Crippen LogP contribution in [0.2, 0.25) is 0 Å². The zero-order valence-corrected chi connectivity index (χ0v) is 16.7. The van der Waals surface area contributed by atoms with Crippen molar-refractivity contribution >= 4 is 23.4 Å². The van der Waals surface area contributed by atoms with Crippen molar-refractivity contribution in [1.29, 1.82) is 0 Å². The summed E-state index contributed by atoms with van der Waals surface area (Å²) in [5.41, 5.74) is 2.65. The molecule has 0 amide bonds. The van der Waals surface area contributed by atoms with E-state index in [1.54, 1.807) is 6.21 Å². The third kappa shape index (κ3) is 4.35. The summed E-state index contributed by atoms with van der Waals surface area (Å²) in [6.07, 6.45) is 20.4. The van der Waals surface area contributed by atoms with Crippen LogP contribution in [-0.2, 0) is 0 Å². The summed E-state index contributed by atoms with van der Waals surface area (Å²) in [5.74, 6) is 2.73. The van der Waals surface area contributed by atoms with Gasteiger partial charge in [-0.1, -0.05) is 35.7 Å². The molecule has 0 N–H and O–H groups in total. The molecule has 0 radical (unpaired) electrons. The topological polar surface area (TPSA) is 33.4 Å². The molecule has 6 heteroatoms. The van der Waals surface area contributed by atoms with Crippen LogP contribution in [0.5, 0.6) is 0 Å². The second-order valence-electron chi connectivity index (χ2n) is 6.91. The van der Waals surface area contributed by atoms with Crippen molar-refractivity contribution in [3.63, 3.8) is 0 Å². The molecule has 2 aliphatic rings. The van der Waals surface area contributed by atoms with E-state index in [2.05, 4.69) is 25.4 Å². The quantitative estimate of drug-likeness (QED) is 0.530. The van der Waals surface area contributed by atoms with E-state index in [1.165, 1.54) is 6.08 Å². The summed E-state index contributed by atoms with van der Waals surface area (Å²) in [7, 11) is 0. The Kier molecular flexibility index (Phi) is 7.02. The second-order valence-corrected chi connectivity index (χ2v) is 7.34. The van der Waals surface area contributed by atoms with Crippen molar-refractivity contribution in [2.45, 2.75) is 25.8 Å². The molecule has 3 rings (SSSR count). The molecule has 28 heavy (non-hydrogen) atoms. The van der Waals surface area contributed by atoms with Crippen LogP contribution >= 0.6 is 11.6 Å². The molecule has 1 aromatic rings. The summed E-state index contributed by atoms with van der Waals surface area (Å²) >= 11 is 5.92. The maximum Gasteiger partial charge on any atom is 0.0956 e. The number of aromatic nitrogens is 2. The SMILES string of the molecule is C#C/C=C(/Cl)C=NCN1CCC(C2C(=C\F)/C(=C\C=C/C)c3cncn32)CC1. The number of imidazole rings is 1. The normalized spacial score (nSPS) is 24.6. The van der Waals surface area contributed by atoms with Gasteiger partial charge in [-0.2, -0.15) is 0 Å². The first kappa shape index (κ1) is 20.3. The van der Waals surface area contributed by atoms with Crippen LogP contribution < -0.4 is 0 Å². The van der Waals surface area contributed by atoms with Gasteiger partial charge in [0.15, 0.2) is 0 Å². The van der Waals surface area contributed by atoms with Crippen molar-refractivity contribution in [3.05, 3.63) is 59.5 Å². The average Bonchev–Trinajstić information content (AvgIpc) is 3.27. The van der Waals surface area contributed by atoms with Crippen molar-refractivity contribution in [3.8, 4) is 12.3 Å².